The van der Waals surface area contributed by atoms with E-state index >= 15 is 0 Å². The zero-order chi connectivity index (χ0) is 29.2. The molecule has 3 aromatic rings. The monoisotopic (exact) mass is 587 g/mol. The predicted octanol–water partition coefficient (Wildman–Crippen LogP) is 2.85. The van der Waals surface area contributed by atoms with Crippen molar-refractivity contribution in [3.05, 3.63) is 59.5 Å². The first kappa shape index (κ1) is 28.8. The van der Waals surface area contributed by atoms with Crippen molar-refractivity contribution in [2.75, 3.05) is 26.0 Å². The molecule has 5 atom stereocenters. The van der Waals surface area contributed by atoms with Gasteiger partial charge in [-0.2, -0.15) is 5.10 Å². The molecule has 0 radical (unpaired) electrons. The molecule has 15 heteroatoms. The molecule has 2 aliphatic rings. The Morgan fingerprint density at radius 3 is 2.83 bits per heavy atom. The molecule has 2 N–H and O–H groups in total. The number of carbonyl (C=O) groups is 2. The fourth-order valence-corrected chi connectivity index (χ4v) is 6.25. The van der Waals surface area contributed by atoms with E-state index in [0.717, 1.165) is 0 Å². The number of anilines is 1. The molecule has 14 nitrogen and oxygen atoms in total. The van der Waals surface area contributed by atoms with Crippen molar-refractivity contribution in [2.24, 2.45) is 4.99 Å². The molecular formula is C26H30N5O9P. The van der Waals surface area contributed by atoms with Crippen LogP contribution in [-0.4, -0.2) is 71.3 Å². The molecule has 1 aromatic carbocycles. The lowest BCUT2D eigenvalue weighted by atomic mass is 9.91. The van der Waals surface area contributed by atoms with Crippen LogP contribution in [0.1, 0.15) is 41.9 Å². The minimum Gasteiger partial charge on any atom is -0.462 e. The number of nitrogens with two attached hydrogens (primary N) is 1. The SMILES string of the molecule is CCOC(=O)c1ccccc1COP1(=O)OC[C@H]2O[C@@](/C=N\C)(c3ccc4c(N)ncnn34)[C@H](OC(=O)CC)[C@@H]2O1. The lowest BCUT2D eigenvalue weighted by Gasteiger charge is -2.33. The Bertz CT molecular complexity index is 1530. The quantitative estimate of drug-likeness (QED) is 0.220. The number of ether oxygens (including phenoxy) is 3. The molecule has 0 aliphatic carbocycles. The molecule has 2 saturated heterocycles. The second kappa shape index (κ2) is 11.7. The van der Waals surface area contributed by atoms with E-state index in [1.54, 1.807) is 50.2 Å². The highest BCUT2D eigenvalue weighted by Gasteiger charge is 2.63. The summed E-state index contributed by atoms with van der Waals surface area (Å²) in [6.45, 7) is 3.05. The van der Waals surface area contributed by atoms with E-state index in [2.05, 4.69) is 15.1 Å². The van der Waals surface area contributed by atoms with Gasteiger partial charge in [0.1, 0.15) is 24.1 Å². The van der Waals surface area contributed by atoms with Crippen molar-refractivity contribution in [2.45, 2.75) is 50.8 Å². The Hall–Kier alpha value is -3.68. The van der Waals surface area contributed by atoms with Crippen LogP contribution in [-0.2, 0) is 49.3 Å². The fourth-order valence-electron chi connectivity index (χ4n) is 4.89. The molecule has 0 spiro atoms. The number of esters is 2. The van der Waals surface area contributed by atoms with Crippen LogP contribution in [0.15, 0.2) is 47.7 Å². The largest absolute Gasteiger partial charge is 0.475 e. The molecule has 4 heterocycles. The number of nitrogens with zero attached hydrogens (tertiary/aromatic N) is 4. The van der Waals surface area contributed by atoms with Crippen LogP contribution in [0.3, 0.4) is 0 Å². The molecule has 5 rings (SSSR count). The Morgan fingerprint density at radius 1 is 1.27 bits per heavy atom. The number of carbonyl (C=O) groups excluding carboxylic acids is 2. The summed E-state index contributed by atoms with van der Waals surface area (Å²) in [6.07, 6.45) is -0.243. The molecule has 0 amide bonds. The van der Waals surface area contributed by atoms with Crippen LogP contribution in [0.25, 0.3) is 5.52 Å². The molecule has 218 valence electrons. The minimum atomic E-state index is -4.23. The summed E-state index contributed by atoms with van der Waals surface area (Å²) in [5.41, 5.74) is 6.14. The average molecular weight is 588 g/mol. The molecule has 0 bridgehead atoms. The minimum absolute atomic E-state index is 0.0621. The highest BCUT2D eigenvalue weighted by Crippen LogP contribution is 2.59. The van der Waals surface area contributed by atoms with Crippen molar-refractivity contribution in [3.8, 4) is 0 Å². The van der Waals surface area contributed by atoms with Crippen LogP contribution in [0.2, 0.25) is 0 Å². The van der Waals surface area contributed by atoms with Gasteiger partial charge in [0.05, 0.1) is 31.1 Å². The van der Waals surface area contributed by atoms with Gasteiger partial charge >= 0.3 is 19.8 Å². The Labute approximate surface area is 235 Å². The summed E-state index contributed by atoms with van der Waals surface area (Å²) in [5.74, 6) is -0.857. The van der Waals surface area contributed by atoms with Crippen LogP contribution < -0.4 is 5.73 Å². The molecule has 2 aromatic heterocycles. The maximum absolute atomic E-state index is 13.7. The lowest BCUT2D eigenvalue weighted by Crippen LogP contribution is -2.47. The van der Waals surface area contributed by atoms with Crippen LogP contribution in [0.5, 0.6) is 0 Å². The Kier molecular flexibility index (Phi) is 8.20. The van der Waals surface area contributed by atoms with E-state index in [1.165, 1.54) is 24.1 Å². The van der Waals surface area contributed by atoms with Gasteiger partial charge in [-0.05, 0) is 30.7 Å². The van der Waals surface area contributed by atoms with Crippen molar-refractivity contribution in [1.82, 2.24) is 14.6 Å². The molecule has 1 unspecified atom stereocenters. The van der Waals surface area contributed by atoms with Gasteiger partial charge in [0.25, 0.3) is 0 Å². The zero-order valence-electron chi connectivity index (χ0n) is 22.7. The van der Waals surface area contributed by atoms with Gasteiger partial charge in [-0.25, -0.2) is 18.9 Å². The lowest BCUT2D eigenvalue weighted by molar-refractivity contribution is -0.158. The topological polar surface area (TPSA) is 175 Å². The first-order valence-corrected chi connectivity index (χ1v) is 14.4. The first-order valence-electron chi connectivity index (χ1n) is 13.0. The highest BCUT2D eigenvalue weighted by molar-refractivity contribution is 7.48. The van der Waals surface area contributed by atoms with Gasteiger partial charge in [0.2, 0.25) is 0 Å². The summed E-state index contributed by atoms with van der Waals surface area (Å²) in [6, 6.07) is 10.0. The van der Waals surface area contributed by atoms with Gasteiger partial charge in [0, 0.05) is 19.7 Å². The number of fused-ring (bicyclic) bond motifs is 2. The number of phosphoric acid groups is 1. The molecule has 2 aliphatic heterocycles. The van der Waals surface area contributed by atoms with E-state index in [4.69, 9.17) is 33.5 Å². The van der Waals surface area contributed by atoms with E-state index in [9.17, 15) is 14.2 Å². The third-order valence-corrected chi connectivity index (χ3v) is 8.13. The zero-order valence-corrected chi connectivity index (χ0v) is 23.6. The number of phosphoric ester groups is 1. The molecule has 2 fully saturated rings. The summed E-state index contributed by atoms with van der Waals surface area (Å²) in [5, 5.41) is 4.31. The van der Waals surface area contributed by atoms with Crippen LogP contribution in [0.4, 0.5) is 5.82 Å². The van der Waals surface area contributed by atoms with Gasteiger partial charge in [-0.3, -0.25) is 23.4 Å². The van der Waals surface area contributed by atoms with E-state index < -0.39 is 43.7 Å². The van der Waals surface area contributed by atoms with E-state index in [1.807, 2.05) is 0 Å². The average Bonchev–Trinajstić information content (AvgIpc) is 3.53. The molecule has 41 heavy (non-hydrogen) atoms. The normalized spacial score (nSPS) is 27.6. The molecular weight excluding hydrogens is 557 g/mol. The van der Waals surface area contributed by atoms with Gasteiger partial charge in [-0.1, -0.05) is 25.1 Å². The first-order chi connectivity index (χ1) is 19.7. The third kappa shape index (κ3) is 5.36. The van der Waals surface area contributed by atoms with Crippen LogP contribution in [0, 0.1) is 0 Å². The summed E-state index contributed by atoms with van der Waals surface area (Å²) < 4.78 is 49.8. The van der Waals surface area contributed by atoms with Gasteiger partial charge in [0.15, 0.2) is 17.5 Å². The fraction of sp³-hybridized carbons (Fsp3) is 0.423. The van der Waals surface area contributed by atoms with Gasteiger partial charge < -0.3 is 19.9 Å². The maximum atomic E-state index is 13.7. The third-order valence-electron chi connectivity index (χ3n) is 6.72. The summed E-state index contributed by atoms with van der Waals surface area (Å²) >= 11 is 0. The number of hydrogen-bond donors (Lipinski definition) is 1. The van der Waals surface area contributed by atoms with E-state index in [0.29, 0.717) is 16.8 Å². The maximum Gasteiger partial charge on any atom is 0.475 e. The number of nitrogen functional groups attached to an aromatic ring is 1. The second-order valence-corrected chi connectivity index (χ2v) is 10.8. The summed E-state index contributed by atoms with van der Waals surface area (Å²) in [7, 11) is -2.69. The van der Waals surface area contributed by atoms with E-state index in [-0.39, 0.29) is 37.6 Å². The number of rotatable bonds is 9. The van der Waals surface area contributed by atoms with Crippen molar-refractivity contribution >= 4 is 37.3 Å². The van der Waals surface area contributed by atoms with Crippen molar-refractivity contribution in [1.29, 1.82) is 0 Å². The molecule has 0 saturated carbocycles. The Morgan fingerprint density at radius 2 is 2.07 bits per heavy atom. The highest BCUT2D eigenvalue weighted by atomic mass is 31.2. The van der Waals surface area contributed by atoms with Gasteiger partial charge in [-0.15, -0.1) is 0 Å². The standard InChI is InChI=1S/C26H30N5O9P/c1-4-21(32)38-23-22-19(39-26(23,14-28-3)20-11-10-18-24(27)29-15-30-31(18)20)13-37-41(34,40-22)36-12-16-8-6-7-9-17(16)25(33)35-5-2/h6-11,14-15,19,22-23H,4-5,12-13H2,1-3H3,(H2,27,29,30)/b28-14-/t19-,22-,23-,26+,41?/m1/s1. The number of benzene rings is 1. The predicted molar refractivity (Wildman–Crippen MR) is 144 cm³/mol. The number of hydrogen-bond acceptors (Lipinski definition) is 13. The smallest absolute Gasteiger partial charge is 0.462 e. The van der Waals surface area contributed by atoms with Crippen LogP contribution >= 0.6 is 7.82 Å². The van der Waals surface area contributed by atoms with Crippen molar-refractivity contribution < 1.29 is 41.9 Å². The van der Waals surface area contributed by atoms with Crippen molar-refractivity contribution in [3.63, 3.8) is 0 Å². The summed E-state index contributed by atoms with van der Waals surface area (Å²) in [4.78, 5) is 33.2. The number of aromatic nitrogens is 3. The Balaban J connectivity index is 1.48. The second-order valence-electron chi connectivity index (χ2n) is 9.23. The number of aliphatic imine (C=N–C) groups is 1.